The van der Waals surface area contributed by atoms with Gasteiger partial charge >= 0.3 is 0 Å². The summed E-state index contributed by atoms with van der Waals surface area (Å²) in [7, 11) is 1.63. The molecule has 6 nitrogen and oxygen atoms in total. The van der Waals surface area contributed by atoms with Crippen molar-refractivity contribution in [1.82, 2.24) is 5.32 Å². The zero-order valence-corrected chi connectivity index (χ0v) is 16.6. The van der Waals surface area contributed by atoms with Crippen molar-refractivity contribution in [3.63, 3.8) is 0 Å². The smallest absolute Gasteiger partial charge is 0.254 e. The molecule has 3 rings (SSSR count). The number of benzene rings is 1. The van der Waals surface area contributed by atoms with E-state index in [9.17, 15) is 4.79 Å². The number of ether oxygens (including phenoxy) is 1. The summed E-state index contributed by atoms with van der Waals surface area (Å²) in [5.41, 5.74) is 6.93. The van der Waals surface area contributed by atoms with Gasteiger partial charge in [0.15, 0.2) is 0 Å². The third-order valence-corrected chi connectivity index (χ3v) is 4.36. The summed E-state index contributed by atoms with van der Waals surface area (Å²) in [6, 6.07) is 7.25. The maximum atomic E-state index is 12.3. The number of hydrogen-bond acceptors (Lipinski definition) is 5. The standard InChI is InChI=1S/C17H20ClN3O3.2ClH/c1-23-16-3-2-12(18)7-15(16)21-5-4-13(9-21)20-17(22)11-6-14(8-19)24-10-11;;/h2-3,6-7,10,13H,4-5,8-9,19H2,1H3,(H,20,22);2*1H. The van der Waals surface area contributed by atoms with Gasteiger partial charge in [-0.15, -0.1) is 24.8 Å². The summed E-state index contributed by atoms with van der Waals surface area (Å²) in [6.07, 6.45) is 2.28. The van der Waals surface area contributed by atoms with Crippen molar-refractivity contribution in [2.45, 2.75) is 19.0 Å². The van der Waals surface area contributed by atoms with Crippen LogP contribution in [0.3, 0.4) is 0 Å². The molecule has 1 saturated heterocycles. The molecular weight excluding hydrogens is 401 g/mol. The van der Waals surface area contributed by atoms with E-state index in [0.717, 1.165) is 24.4 Å². The number of halogens is 3. The number of carbonyl (C=O) groups excluding carboxylic acids is 1. The second-order valence-corrected chi connectivity index (χ2v) is 6.16. The number of rotatable bonds is 5. The van der Waals surface area contributed by atoms with Crippen molar-refractivity contribution in [3.05, 3.63) is 46.9 Å². The number of hydrogen-bond donors (Lipinski definition) is 2. The van der Waals surface area contributed by atoms with Crippen LogP contribution in [0.2, 0.25) is 5.02 Å². The van der Waals surface area contributed by atoms with Crippen molar-refractivity contribution >= 4 is 48.0 Å². The fraction of sp³-hybridized carbons (Fsp3) is 0.353. The number of nitrogens with two attached hydrogens (primary N) is 1. The van der Waals surface area contributed by atoms with Gasteiger partial charge in [-0.1, -0.05) is 11.6 Å². The molecule has 0 bridgehead atoms. The molecule has 9 heteroatoms. The van der Waals surface area contributed by atoms with Gasteiger partial charge < -0.3 is 25.1 Å². The van der Waals surface area contributed by atoms with Gasteiger partial charge in [0.1, 0.15) is 17.8 Å². The molecule has 0 spiro atoms. The van der Waals surface area contributed by atoms with Crippen molar-refractivity contribution in [2.75, 3.05) is 25.1 Å². The molecule has 1 fully saturated rings. The van der Waals surface area contributed by atoms with Gasteiger partial charge in [0.2, 0.25) is 0 Å². The number of amides is 1. The number of nitrogens with zero attached hydrogens (tertiary/aromatic N) is 1. The zero-order valence-electron chi connectivity index (χ0n) is 14.2. The lowest BCUT2D eigenvalue weighted by Gasteiger charge is -2.21. The summed E-state index contributed by atoms with van der Waals surface area (Å²) < 4.78 is 10.6. The van der Waals surface area contributed by atoms with Gasteiger partial charge in [-0.3, -0.25) is 4.79 Å². The highest BCUT2D eigenvalue weighted by molar-refractivity contribution is 6.30. The van der Waals surface area contributed by atoms with Crippen LogP contribution in [0, 0.1) is 0 Å². The minimum atomic E-state index is -0.150. The predicted molar refractivity (Wildman–Crippen MR) is 107 cm³/mol. The molecule has 0 saturated carbocycles. The lowest BCUT2D eigenvalue weighted by Crippen LogP contribution is -2.37. The Morgan fingerprint density at radius 3 is 2.85 bits per heavy atom. The fourth-order valence-electron chi connectivity index (χ4n) is 2.88. The van der Waals surface area contributed by atoms with E-state index >= 15 is 0 Å². The average Bonchev–Trinajstić information content (AvgIpc) is 3.24. The first-order valence-electron chi connectivity index (χ1n) is 7.77. The fourth-order valence-corrected chi connectivity index (χ4v) is 3.05. The van der Waals surface area contributed by atoms with Gasteiger partial charge in [-0.05, 0) is 30.7 Å². The van der Waals surface area contributed by atoms with Crippen molar-refractivity contribution in [1.29, 1.82) is 0 Å². The summed E-state index contributed by atoms with van der Waals surface area (Å²) in [6.45, 7) is 1.80. The number of anilines is 1. The van der Waals surface area contributed by atoms with Crippen LogP contribution in [-0.4, -0.2) is 32.1 Å². The molecule has 2 aromatic rings. The first-order valence-corrected chi connectivity index (χ1v) is 8.15. The van der Waals surface area contributed by atoms with Crippen LogP contribution in [-0.2, 0) is 6.54 Å². The molecule has 3 N–H and O–H groups in total. The Bertz CT molecular complexity index is 739. The third kappa shape index (κ3) is 4.98. The lowest BCUT2D eigenvalue weighted by atomic mass is 10.2. The number of methoxy groups -OCH3 is 1. The largest absolute Gasteiger partial charge is 0.495 e. The van der Waals surface area contributed by atoms with Gasteiger partial charge in [0, 0.05) is 24.2 Å². The molecule has 1 aliphatic heterocycles. The average molecular weight is 423 g/mol. The van der Waals surface area contributed by atoms with E-state index in [1.165, 1.54) is 6.26 Å². The van der Waals surface area contributed by atoms with Crippen LogP contribution < -0.4 is 20.7 Å². The molecule has 0 aliphatic carbocycles. The minimum absolute atomic E-state index is 0. The van der Waals surface area contributed by atoms with E-state index in [-0.39, 0.29) is 43.3 Å². The Balaban J connectivity index is 0.00000169. The molecular formula is C17H22Cl3N3O3. The highest BCUT2D eigenvalue weighted by Crippen LogP contribution is 2.33. The normalized spacial score (nSPS) is 15.8. The molecule has 1 aromatic carbocycles. The Kier molecular flexibility index (Phi) is 8.56. The van der Waals surface area contributed by atoms with Crippen LogP contribution >= 0.6 is 36.4 Å². The Hall–Kier alpha value is -1.60. The quantitative estimate of drug-likeness (QED) is 0.773. The summed E-state index contributed by atoms with van der Waals surface area (Å²) in [4.78, 5) is 14.4. The van der Waals surface area contributed by atoms with Crippen LogP contribution in [0.15, 0.2) is 34.9 Å². The molecule has 1 aromatic heterocycles. The topological polar surface area (TPSA) is 80.7 Å². The van der Waals surface area contributed by atoms with Gasteiger partial charge in [0.05, 0.1) is 24.9 Å². The van der Waals surface area contributed by atoms with Crippen molar-refractivity contribution in [2.24, 2.45) is 5.73 Å². The van der Waals surface area contributed by atoms with Gasteiger partial charge in [-0.2, -0.15) is 0 Å². The molecule has 26 heavy (non-hydrogen) atoms. The minimum Gasteiger partial charge on any atom is -0.495 e. The van der Waals surface area contributed by atoms with Crippen LogP contribution in [0.25, 0.3) is 0 Å². The SMILES string of the molecule is COc1ccc(Cl)cc1N1CCC(NC(=O)c2coc(CN)c2)C1.Cl.Cl. The first-order chi connectivity index (χ1) is 11.6. The monoisotopic (exact) mass is 421 g/mol. The van der Waals surface area contributed by atoms with E-state index in [4.69, 9.17) is 26.5 Å². The molecule has 1 unspecified atom stereocenters. The molecule has 0 radical (unpaired) electrons. The number of furan rings is 1. The maximum absolute atomic E-state index is 12.3. The Labute approximate surface area is 169 Å². The van der Waals surface area contributed by atoms with E-state index in [2.05, 4.69) is 10.2 Å². The highest BCUT2D eigenvalue weighted by atomic mass is 35.5. The van der Waals surface area contributed by atoms with E-state index in [1.807, 2.05) is 12.1 Å². The summed E-state index contributed by atoms with van der Waals surface area (Å²) in [5, 5.41) is 3.69. The lowest BCUT2D eigenvalue weighted by molar-refractivity contribution is 0.0940. The molecule has 144 valence electrons. The van der Waals surface area contributed by atoms with E-state index < -0.39 is 0 Å². The predicted octanol–water partition coefficient (Wildman–Crippen LogP) is 3.25. The third-order valence-electron chi connectivity index (χ3n) is 4.12. The summed E-state index contributed by atoms with van der Waals surface area (Å²) >= 11 is 6.10. The molecule has 1 aliphatic rings. The van der Waals surface area contributed by atoms with E-state index in [0.29, 0.717) is 22.9 Å². The van der Waals surface area contributed by atoms with Crippen molar-refractivity contribution < 1.29 is 13.9 Å². The highest BCUT2D eigenvalue weighted by Gasteiger charge is 2.26. The molecule has 1 atom stereocenters. The van der Waals surface area contributed by atoms with Crippen LogP contribution in [0.1, 0.15) is 22.5 Å². The number of carbonyl (C=O) groups is 1. The second-order valence-electron chi connectivity index (χ2n) is 5.73. The Morgan fingerprint density at radius 2 is 2.19 bits per heavy atom. The zero-order chi connectivity index (χ0) is 17.1. The van der Waals surface area contributed by atoms with Gasteiger partial charge in [0.25, 0.3) is 5.91 Å². The summed E-state index contributed by atoms with van der Waals surface area (Å²) in [5.74, 6) is 1.22. The molecule has 2 heterocycles. The van der Waals surface area contributed by atoms with Crippen LogP contribution in [0.4, 0.5) is 5.69 Å². The maximum Gasteiger partial charge on any atom is 0.254 e. The van der Waals surface area contributed by atoms with Gasteiger partial charge in [-0.25, -0.2) is 0 Å². The molecule has 1 amide bonds. The first kappa shape index (κ1) is 22.4. The second kappa shape index (κ2) is 9.92. The van der Waals surface area contributed by atoms with Crippen molar-refractivity contribution in [3.8, 4) is 5.75 Å². The van der Waals surface area contributed by atoms with Crippen LogP contribution in [0.5, 0.6) is 5.75 Å². The number of nitrogens with one attached hydrogen (secondary N) is 1. The van der Waals surface area contributed by atoms with E-state index in [1.54, 1.807) is 19.2 Å². The Morgan fingerprint density at radius 1 is 1.42 bits per heavy atom.